The number of hydrogen-bond donors (Lipinski definition) is 2. The lowest BCUT2D eigenvalue weighted by Gasteiger charge is -1.94. The van der Waals surface area contributed by atoms with Gasteiger partial charge < -0.3 is 5.11 Å². The van der Waals surface area contributed by atoms with Gasteiger partial charge in [0.2, 0.25) is 0 Å². The van der Waals surface area contributed by atoms with E-state index in [1.54, 1.807) is 6.07 Å². The molecule has 0 aliphatic carbocycles. The van der Waals surface area contributed by atoms with Crippen LogP contribution < -0.4 is 0 Å². The van der Waals surface area contributed by atoms with Gasteiger partial charge in [0.1, 0.15) is 11.8 Å². The van der Waals surface area contributed by atoms with Crippen LogP contribution in [-0.2, 0) is 0 Å². The van der Waals surface area contributed by atoms with Gasteiger partial charge >= 0.3 is 0 Å². The molecule has 1 N–H and O–H groups in total. The van der Waals surface area contributed by atoms with Gasteiger partial charge in [-0.15, -0.1) is 12.6 Å². The first-order chi connectivity index (χ1) is 4.74. The fourth-order valence-corrected chi connectivity index (χ4v) is 0.817. The molecule has 1 aromatic rings. The second-order valence-corrected chi connectivity index (χ2v) is 2.33. The number of thiol groups is 1. The van der Waals surface area contributed by atoms with Crippen LogP contribution >= 0.6 is 12.6 Å². The molecule has 0 heterocycles. The summed E-state index contributed by atoms with van der Waals surface area (Å²) in [6, 6.07) is 6.42. The Morgan fingerprint density at radius 1 is 1.50 bits per heavy atom. The second kappa shape index (κ2) is 2.63. The summed E-state index contributed by atoms with van der Waals surface area (Å²) in [6.45, 7) is 0. The standard InChI is InChI=1S/C7H5NOS/c8-4-5-3-6(10)1-2-7(5)9/h1-3,9-10H. The van der Waals surface area contributed by atoms with E-state index in [0.29, 0.717) is 4.90 Å². The van der Waals surface area contributed by atoms with Crippen molar-refractivity contribution in [2.45, 2.75) is 4.90 Å². The Balaban J connectivity index is 3.25. The highest BCUT2D eigenvalue weighted by Gasteiger charge is 1.97. The Hall–Kier alpha value is -1.14. The molecule has 50 valence electrons. The lowest BCUT2D eigenvalue weighted by molar-refractivity contribution is 0.473. The lowest BCUT2D eigenvalue weighted by atomic mass is 10.2. The quantitative estimate of drug-likeness (QED) is 0.552. The van der Waals surface area contributed by atoms with E-state index in [0.717, 1.165) is 0 Å². The summed E-state index contributed by atoms with van der Waals surface area (Å²) < 4.78 is 0. The van der Waals surface area contributed by atoms with Gasteiger partial charge in [-0.3, -0.25) is 0 Å². The molecule has 0 radical (unpaired) electrons. The summed E-state index contributed by atoms with van der Waals surface area (Å²) in [7, 11) is 0. The normalized spacial score (nSPS) is 8.80. The van der Waals surface area contributed by atoms with E-state index in [2.05, 4.69) is 12.6 Å². The van der Waals surface area contributed by atoms with E-state index >= 15 is 0 Å². The first-order valence-electron chi connectivity index (χ1n) is 2.66. The number of phenols is 1. The summed E-state index contributed by atoms with van der Waals surface area (Å²) >= 11 is 3.99. The first kappa shape index (κ1) is 6.97. The number of hydrogen-bond acceptors (Lipinski definition) is 3. The minimum atomic E-state index is 0.000278. The van der Waals surface area contributed by atoms with Gasteiger partial charge in [0.25, 0.3) is 0 Å². The molecule has 2 nitrogen and oxygen atoms in total. The van der Waals surface area contributed by atoms with Crippen molar-refractivity contribution in [1.29, 1.82) is 5.26 Å². The fraction of sp³-hybridized carbons (Fsp3) is 0. The van der Waals surface area contributed by atoms with Crippen molar-refractivity contribution < 1.29 is 5.11 Å². The molecule has 0 spiro atoms. The second-order valence-electron chi connectivity index (χ2n) is 1.81. The average molecular weight is 151 g/mol. The van der Waals surface area contributed by atoms with E-state index in [4.69, 9.17) is 10.4 Å². The van der Waals surface area contributed by atoms with Crippen LogP contribution in [0, 0.1) is 11.3 Å². The molecular formula is C7H5NOS. The predicted octanol–water partition coefficient (Wildman–Crippen LogP) is 1.55. The number of nitrogens with zero attached hydrogens (tertiary/aromatic N) is 1. The van der Waals surface area contributed by atoms with Gasteiger partial charge in [-0.05, 0) is 18.2 Å². The van der Waals surface area contributed by atoms with Crippen LogP contribution in [0.1, 0.15) is 5.56 Å². The highest BCUT2D eigenvalue weighted by Crippen LogP contribution is 2.18. The van der Waals surface area contributed by atoms with Gasteiger partial charge in [0.05, 0.1) is 5.56 Å². The number of aromatic hydroxyl groups is 1. The van der Waals surface area contributed by atoms with E-state index in [9.17, 15) is 0 Å². The zero-order chi connectivity index (χ0) is 7.56. The van der Waals surface area contributed by atoms with Crippen molar-refractivity contribution in [1.82, 2.24) is 0 Å². The summed E-state index contributed by atoms with van der Waals surface area (Å²) in [4.78, 5) is 0.675. The number of phenolic OH excluding ortho intramolecular Hbond substituents is 1. The molecule has 0 aliphatic heterocycles. The third-order valence-corrected chi connectivity index (χ3v) is 1.38. The molecule has 0 amide bonds. The maximum Gasteiger partial charge on any atom is 0.133 e. The van der Waals surface area contributed by atoms with Crippen molar-refractivity contribution in [2.75, 3.05) is 0 Å². The number of rotatable bonds is 0. The first-order valence-corrected chi connectivity index (χ1v) is 3.11. The molecule has 1 rings (SSSR count). The van der Waals surface area contributed by atoms with Crippen LogP contribution in [0.4, 0.5) is 0 Å². The van der Waals surface area contributed by atoms with Crippen LogP contribution in [0.3, 0.4) is 0 Å². The minimum Gasteiger partial charge on any atom is -0.507 e. The lowest BCUT2D eigenvalue weighted by Crippen LogP contribution is -1.74. The molecule has 0 aliphatic rings. The van der Waals surface area contributed by atoms with Crippen LogP contribution in [0.2, 0.25) is 0 Å². The highest BCUT2D eigenvalue weighted by atomic mass is 32.1. The average Bonchev–Trinajstić information content (AvgIpc) is 1.94. The van der Waals surface area contributed by atoms with Gasteiger partial charge in [0.15, 0.2) is 0 Å². The van der Waals surface area contributed by atoms with E-state index < -0.39 is 0 Å². The third-order valence-electron chi connectivity index (χ3n) is 1.10. The molecule has 0 aromatic heterocycles. The summed E-state index contributed by atoms with van der Waals surface area (Å²) in [6.07, 6.45) is 0. The molecule has 0 fully saturated rings. The van der Waals surface area contributed by atoms with Crippen molar-refractivity contribution in [3.8, 4) is 11.8 Å². The van der Waals surface area contributed by atoms with Gasteiger partial charge in [-0.1, -0.05) is 0 Å². The smallest absolute Gasteiger partial charge is 0.133 e. The Morgan fingerprint density at radius 2 is 2.20 bits per heavy atom. The summed E-state index contributed by atoms with van der Waals surface area (Å²) in [5.74, 6) is 0.000278. The third kappa shape index (κ3) is 1.23. The van der Waals surface area contributed by atoms with Crippen LogP contribution in [-0.4, -0.2) is 5.11 Å². The molecule has 0 atom stereocenters. The largest absolute Gasteiger partial charge is 0.507 e. The molecule has 3 heteroatoms. The predicted molar refractivity (Wildman–Crippen MR) is 40.1 cm³/mol. The van der Waals surface area contributed by atoms with Crippen LogP contribution in [0.15, 0.2) is 23.1 Å². The Labute approximate surface area is 64.1 Å². The molecular weight excluding hydrogens is 146 g/mol. The number of nitriles is 1. The van der Waals surface area contributed by atoms with Crippen molar-refractivity contribution >= 4 is 12.6 Å². The monoisotopic (exact) mass is 151 g/mol. The Bertz CT molecular complexity index is 290. The molecule has 1 aromatic carbocycles. The molecule has 0 saturated heterocycles. The summed E-state index contributed by atoms with van der Waals surface area (Å²) in [5.41, 5.74) is 0.257. The molecule has 0 unspecified atom stereocenters. The zero-order valence-corrected chi connectivity index (χ0v) is 5.97. The number of benzene rings is 1. The van der Waals surface area contributed by atoms with Crippen LogP contribution in [0.25, 0.3) is 0 Å². The zero-order valence-electron chi connectivity index (χ0n) is 5.07. The van der Waals surface area contributed by atoms with Crippen molar-refractivity contribution in [3.63, 3.8) is 0 Å². The summed E-state index contributed by atoms with van der Waals surface area (Å²) in [5, 5.41) is 17.4. The molecule has 0 bridgehead atoms. The van der Waals surface area contributed by atoms with Gasteiger partial charge in [-0.2, -0.15) is 5.26 Å². The Morgan fingerprint density at radius 3 is 2.70 bits per heavy atom. The maximum absolute atomic E-state index is 8.98. The topological polar surface area (TPSA) is 44.0 Å². The maximum atomic E-state index is 8.98. The van der Waals surface area contributed by atoms with Gasteiger partial charge in [-0.25, -0.2) is 0 Å². The fourth-order valence-electron chi connectivity index (χ4n) is 0.614. The van der Waals surface area contributed by atoms with Crippen molar-refractivity contribution in [2.24, 2.45) is 0 Å². The van der Waals surface area contributed by atoms with E-state index in [1.165, 1.54) is 12.1 Å². The van der Waals surface area contributed by atoms with E-state index in [1.807, 2.05) is 6.07 Å². The molecule has 10 heavy (non-hydrogen) atoms. The minimum absolute atomic E-state index is 0.000278. The Kier molecular flexibility index (Phi) is 1.83. The van der Waals surface area contributed by atoms with Crippen molar-refractivity contribution in [3.05, 3.63) is 23.8 Å². The van der Waals surface area contributed by atoms with Gasteiger partial charge in [0, 0.05) is 4.90 Å². The molecule has 0 saturated carbocycles. The highest BCUT2D eigenvalue weighted by molar-refractivity contribution is 7.80. The SMILES string of the molecule is N#Cc1cc(S)ccc1O. The van der Waals surface area contributed by atoms with Crippen LogP contribution in [0.5, 0.6) is 5.75 Å². The van der Waals surface area contributed by atoms with E-state index in [-0.39, 0.29) is 11.3 Å².